The lowest BCUT2D eigenvalue weighted by atomic mass is 9.98. The Balaban J connectivity index is 3.02. The molecule has 0 fully saturated rings. The maximum atomic E-state index is 11.8. The van der Waals surface area contributed by atoms with Gasteiger partial charge < -0.3 is 9.84 Å². The van der Waals surface area contributed by atoms with Gasteiger partial charge in [-0.15, -0.1) is 11.3 Å². The van der Waals surface area contributed by atoms with Gasteiger partial charge in [0.15, 0.2) is 5.69 Å². The van der Waals surface area contributed by atoms with Crippen LogP contribution in [-0.2, 0) is 21.4 Å². The van der Waals surface area contributed by atoms with E-state index in [1.54, 1.807) is 20.8 Å². The van der Waals surface area contributed by atoms with Crippen LogP contribution in [-0.4, -0.2) is 27.6 Å². The van der Waals surface area contributed by atoms with Crippen molar-refractivity contribution in [3.8, 4) is 0 Å². The Morgan fingerprint density at radius 3 is 2.15 bits per heavy atom. The van der Waals surface area contributed by atoms with E-state index in [9.17, 15) is 14.7 Å². The number of rotatable bonds is 3. The number of hydrogen-bond donors (Lipinski definition) is 1. The van der Waals surface area contributed by atoms with E-state index in [0.717, 1.165) is 0 Å². The summed E-state index contributed by atoms with van der Waals surface area (Å²) in [6.07, 6.45) is -0.0628. The minimum absolute atomic E-state index is 0.0502. The number of thiazole rings is 1. The lowest BCUT2D eigenvalue weighted by Crippen LogP contribution is -2.25. The maximum absolute atomic E-state index is 11.8. The topological polar surface area (TPSA) is 76.5 Å². The number of carbonyl (C=O) groups is 2. The molecule has 0 bridgehead atoms. The Bertz CT molecular complexity index is 520. The number of ether oxygens (including phenoxy) is 1. The van der Waals surface area contributed by atoms with E-state index in [1.807, 2.05) is 20.8 Å². The van der Waals surface area contributed by atoms with Gasteiger partial charge in [-0.05, 0) is 20.8 Å². The van der Waals surface area contributed by atoms with Crippen molar-refractivity contribution in [1.29, 1.82) is 0 Å². The summed E-state index contributed by atoms with van der Waals surface area (Å²) in [6.45, 7) is 11.2. The largest absolute Gasteiger partial charge is 0.476 e. The van der Waals surface area contributed by atoms with E-state index in [0.29, 0.717) is 9.88 Å². The van der Waals surface area contributed by atoms with Crippen LogP contribution in [0.4, 0.5) is 0 Å². The number of hydrogen-bond acceptors (Lipinski definition) is 5. The molecule has 0 aliphatic rings. The van der Waals surface area contributed by atoms with Crippen LogP contribution in [0.5, 0.6) is 0 Å². The Morgan fingerprint density at radius 1 is 1.20 bits per heavy atom. The summed E-state index contributed by atoms with van der Waals surface area (Å²) >= 11 is 1.26. The van der Waals surface area contributed by atoms with Gasteiger partial charge in [-0.3, -0.25) is 4.79 Å². The average Bonchev–Trinajstić information content (AvgIpc) is 2.57. The molecular formula is C14H21NO4S. The number of aromatic nitrogens is 1. The highest BCUT2D eigenvalue weighted by molar-refractivity contribution is 7.12. The predicted octanol–water partition coefficient (Wildman–Crippen LogP) is 3.02. The molecule has 0 atom stereocenters. The van der Waals surface area contributed by atoms with E-state index in [1.165, 1.54) is 11.3 Å². The first kappa shape index (κ1) is 16.6. The first-order chi connectivity index (χ1) is 8.90. The molecule has 6 heteroatoms. The fourth-order valence-corrected chi connectivity index (χ4v) is 2.56. The molecule has 1 aromatic heterocycles. The fraction of sp³-hybridized carbons (Fsp3) is 0.643. The zero-order valence-electron chi connectivity index (χ0n) is 12.7. The Labute approximate surface area is 123 Å². The zero-order chi connectivity index (χ0) is 15.7. The van der Waals surface area contributed by atoms with Crippen molar-refractivity contribution in [2.75, 3.05) is 0 Å². The van der Waals surface area contributed by atoms with Crippen LogP contribution in [0.1, 0.15) is 61.9 Å². The SMILES string of the molecule is CC(C)(C)OC(=O)Cc1sc(C(C)(C)C)nc1C(=O)O. The summed E-state index contributed by atoms with van der Waals surface area (Å²) in [7, 11) is 0. The third kappa shape index (κ3) is 4.59. The summed E-state index contributed by atoms with van der Waals surface area (Å²) in [5, 5.41) is 9.88. The van der Waals surface area contributed by atoms with Gasteiger partial charge >= 0.3 is 11.9 Å². The number of carboxylic acid groups (broad SMARTS) is 1. The quantitative estimate of drug-likeness (QED) is 0.868. The smallest absolute Gasteiger partial charge is 0.355 e. The number of aromatic carboxylic acids is 1. The molecule has 1 heterocycles. The van der Waals surface area contributed by atoms with Gasteiger partial charge in [0.05, 0.1) is 16.3 Å². The van der Waals surface area contributed by atoms with Gasteiger partial charge in [-0.25, -0.2) is 9.78 Å². The molecule has 0 saturated heterocycles. The molecule has 0 aliphatic carbocycles. The van der Waals surface area contributed by atoms with E-state index < -0.39 is 17.5 Å². The molecular weight excluding hydrogens is 278 g/mol. The standard InChI is InChI=1S/C14H21NO4S/c1-13(2,3)12-15-10(11(17)18)8(20-12)7-9(16)19-14(4,5)6/h7H2,1-6H3,(H,17,18). The zero-order valence-corrected chi connectivity index (χ0v) is 13.6. The van der Waals surface area contributed by atoms with Gasteiger partial charge in [0, 0.05) is 5.41 Å². The molecule has 0 unspecified atom stereocenters. The van der Waals surface area contributed by atoms with Crippen molar-refractivity contribution >= 4 is 23.3 Å². The predicted molar refractivity (Wildman–Crippen MR) is 77.3 cm³/mol. The van der Waals surface area contributed by atoms with Crippen LogP contribution in [0, 0.1) is 0 Å². The minimum Gasteiger partial charge on any atom is -0.476 e. The summed E-state index contributed by atoms with van der Waals surface area (Å²) < 4.78 is 5.22. The monoisotopic (exact) mass is 299 g/mol. The van der Waals surface area contributed by atoms with Crippen LogP contribution in [0.3, 0.4) is 0 Å². The van der Waals surface area contributed by atoms with Crippen LogP contribution >= 0.6 is 11.3 Å². The highest BCUT2D eigenvalue weighted by Crippen LogP contribution is 2.30. The molecule has 0 saturated carbocycles. The van der Waals surface area contributed by atoms with Crippen molar-refractivity contribution in [2.24, 2.45) is 0 Å². The highest BCUT2D eigenvalue weighted by Gasteiger charge is 2.27. The van der Waals surface area contributed by atoms with Crippen LogP contribution in [0.15, 0.2) is 0 Å². The van der Waals surface area contributed by atoms with E-state index in [4.69, 9.17) is 4.74 Å². The molecule has 5 nitrogen and oxygen atoms in total. The maximum Gasteiger partial charge on any atom is 0.355 e. The number of carboxylic acids is 1. The second kappa shape index (κ2) is 5.52. The molecule has 20 heavy (non-hydrogen) atoms. The molecule has 1 rings (SSSR count). The van der Waals surface area contributed by atoms with Crippen molar-refractivity contribution in [2.45, 2.75) is 59.0 Å². The van der Waals surface area contributed by atoms with Gasteiger partial charge in [-0.1, -0.05) is 20.8 Å². The lowest BCUT2D eigenvalue weighted by Gasteiger charge is -2.19. The van der Waals surface area contributed by atoms with E-state index in [2.05, 4.69) is 4.98 Å². The highest BCUT2D eigenvalue weighted by atomic mass is 32.1. The third-order valence-corrected chi connectivity index (χ3v) is 3.75. The first-order valence-electron chi connectivity index (χ1n) is 6.35. The molecule has 0 aliphatic heterocycles. The normalized spacial score (nSPS) is 12.3. The molecule has 0 spiro atoms. The van der Waals surface area contributed by atoms with Crippen LogP contribution in [0.25, 0.3) is 0 Å². The van der Waals surface area contributed by atoms with Gasteiger partial charge in [0.1, 0.15) is 5.60 Å². The lowest BCUT2D eigenvalue weighted by molar-refractivity contribution is -0.153. The number of esters is 1. The summed E-state index contributed by atoms with van der Waals surface area (Å²) in [5.41, 5.74) is -0.884. The molecule has 0 radical (unpaired) electrons. The Hall–Kier alpha value is -1.43. The number of carbonyl (C=O) groups excluding carboxylic acids is 1. The Kier molecular flexibility index (Phi) is 4.59. The van der Waals surface area contributed by atoms with Gasteiger partial charge in [0.2, 0.25) is 0 Å². The van der Waals surface area contributed by atoms with E-state index in [-0.39, 0.29) is 17.5 Å². The molecule has 1 aromatic rings. The van der Waals surface area contributed by atoms with Crippen molar-refractivity contribution in [3.63, 3.8) is 0 Å². The van der Waals surface area contributed by atoms with E-state index >= 15 is 0 Å². The first-order valence-corrected chi connectivity index (χ1v) is 7.17. The molecule has 0 amide bonds. The molecule has 112 valence electrons. The average molecular weight is 299 g/mol. The second-order valence-electron chi connectivity index (χ2n) is 6.61. The fourth-order valence-electron chi connectivity index (χ4n) is 1.47. The Morgan fingerprint density at radius 2 is 1.75 bits per heavy atom. The minimum atomic E-state index is -1.12. The summed E-state index contributed by atoms with van der Waals surface area (Å²) in [5.74, 6) is -1.56. The van der Waals surface area contributed by atoms with Crippen molar-refractivity contribution < 1.29 is 19.4 Å². The summed E-state index contributed by atoms with van der Waals surface area (Å²) in [6, 6.07) is 0. The summed E-state index contributed by atoms with van der Waals surface area (Å²) in [4.78, 5) is 27.6. The van der Waals surface area contributed by atoms with Crippen molar-refractivity contribution in [3.05, 3.63) is 15.6 Å². The third-order valence-electron chi connectivity index (χ3n) is 2.27. The van der Waals surface area contributed by atoms with Gasteiger partial charge in [0.25, 0.3) is 0 Å². The number of nitrogens with zero attached hydrogens (tertiary/aromatic N) is 1. The van der Waals surface area contributed by atoms with Gasteiger partial charge in [-0.2, -0.15) is 0 Å². The van der Waals surface area contributed by atoms with Crippen molar-refractivity contribution in [1.82, 2.24) is 4.98 Å². The second-order valence-corrected chi connectivity index (χ2v) is 7.69. The molecule has 0 aromatic carbocycles. The van der Waals surface area contributed by atoms with Crippen LogP contribution in [0.2, 0.25) is 0 Å². The van der Waals surface area contributed by atoms with Crippen LogP contribution < -0.4 is 0 Å². The molecule has 1 N–H and O–H groups in total.